The van der Waals surface area contributed by atoms with E-state index in [9.17, 15) is 14.4 Å². The van der Waals surface area contributed by atoms with E-state index in [1.807, 2.05) is 47.8 Å². The van der Waals surface area contributed by atoms with Gasteiger partial charge in [0.2, 0.25) is 5.91 Å². The van der Waals surface area contributed by atoms with E-state index in [-0.39, 0.29) is 5.56 Å². The van der Waals surface area contributed by atoms with Gasteiger partial charge in [-0.3, -0.25) is 14.2 Å². The summed E-state index contributed by atoms with van der Waals surface area (Å²) in [7, 11) is 1.29. The first-order valence-electron chi connectivity index (χ1n) is 11.6. The van der Waals surface area contributed by atoms with Crippen LogP contribution < -0.4 is 10.9 Å². The van der Waals surface area contributed by atoms with Gasteiger partial charge in [-0.05, 0) is 41.8 Å². The lowest BCUT2D eigenvalue weighted by Crippen LogP contribution is -2.31. The molecule has 2 heterocycles. The molecule has 0 aliphatic carbocycles. The molecule has 8 heteroatoms. The lowest BCUT2D eigenvalue weighted by atomic mass is 10.0. The van der Waals surface area contributed by atoms with E-state index in [0.717, 1.165) is 22.3 Å². The van der Waals surface area contributed by atoms with Gasteiger partial charge < -0.3 is 10.1 Å². The molecule has 0 aliphatic rings. The number of rotatable bonds is 6. The Morgan fingerprint density at radius 1 is 0.946 bits per heavy atom. The second-order valence-electron chi connectivity index (χ2n) is 8.47. The monoisotopic (exact) mass is 509 g/mol. The number of carbonyl (C=O) groups excluding carboxylic acids is 2. The lowest BCUT2D eigenvalue weighted by molar-refractivity contribution is -0.118. The van der Waals surface area contributed by atoms with Crippen molar-refractivity contribution in [1.82, 2.24) is 9.55 Å². The van der Waals surface area contributed by atoms with Gasteiger partial charge in [0.1, 0.15) is 10.9 Å². The number of ether oxygens (including phenoxy) is 1. The second kappa shape index (κ2) is 10.2. The van der Waals surface area contributed by atoms with Crippen LogP contribution in [0.15, 0.2) is 95.4 Å². The second-order valence-corrected chi connectivity index (χ2v) is 9.33. The molecule has 1 atom stereocenters. The number of thiophene rings is 1. The number of carbonyl (C=O) groups is 2. The predicted molar refractivity (Wildman–Crippen MR) is 146 cm³/mol. The summed E-state index contributed by atoms with van der Waals surface area (Å²) in [6.45, 7) is 1.63. The Bertz CT molecular complexity index is 1660. The molecule has 0 bridgehead atoms. The summed E-state index contributed by atoms with van der Waals surface area (Å²) in [5.41, 5.74) is 4.33. The number of methoxy groups -OCH3 is 1. The number of amides is 1. The number of benzene rings is 3. The van der Waals surface area contributed by atoms with E-state index in [4.69, 9.17) is 4.74 Å². The molecule has 5 aromatic rings. The SMILES string of the molecule is COC(=O)c1cccc(NC(=O)C(C)n2cnc3scc(-c4ccc(-c5ccccc5)cc4)c3c2=O)c1. The molecule has 184 valence electrons. The zero-order valence-corrected chi connectivity index (χ0v) is 21.0. The van der Waals surface area contributed by atoms with Gasteiger partial charge in [-0.15, -0.1) is 11.3 Å². The fourth-order valence-electron chi connectivity index (χ4n) is 4.12. The Labute approximate surface area is 217 Å². The number of fused-ring (bicyclic) bond motifs is 1. The van der Waals surface area contributed by atoms with E-state index in [0.29, 0.717) is 21.5 Å². The quantitative estimate of drug-likeness (QED) is 0.293. The van der Waals surface area contributed by atoms with Crippen LogP contribution in [0.3, 0.4) is 0 Å². The minimum atomic E-state index is -0.834. The van der Waals surface area contributed by atoms with E-state index in [2.05, 4.69) is 22.4 Å². The first-order valence-corrected chi connectivity index (χ1v) is 12.5. The van der Waals surface area contributed by atoms with Crippen LogP contribution in [-0.2, 0) is 9.53 Å². The van der Waals surface area contributed by atoms with Gasteiger partial charge in [0.25, 0.3) is 5.56 Å². The standard InChI is InChI=1S/C29H23N3O4S/c1-18(26(33)31-23-10-6-9-22(15-23)29(35)36-2)32-17-30-27-25(28(32)34)24(16-37-27)21-13-11-20(12-14-21)19-7-4-3-5-8-19/h3-18H,1-2H3,(H,31,33). The largest absolute Gasteiger partial charge is 0.465 e. The van der Waals surface area contributed by atoms with Crippen LogP contribution in [0, 0.1) is 0 Å². The summed E-state index contributed by atoms with van der Waals surface area (Å²) in [6, 6.07) is 23.7. The van der Waals surface area contributed by atoms with Crippen LogP contribution in [0.1, 0.15) is 23.3 Å². The number of nitrogens with zero attached hydrogens (tertiary/aromatic N) is 2. The molecule has 37 heavy (non-hydrogen) atoms. The number of anilines is 1. The van der Waals surface area contributed by atoms with Gasteiger partial charge in [-0.25, -0.2) is 9.78 Å². The van der Waals surface area contributed by atoms with Gasteiger partial charge in [-0.2, -0.15) is 0 Å². The molecule has 2 aromatic heterocycles. The third-order valence-corrected chi connectivity index (χ3v) is 7.06. The fourth-order valence-corrected chi connectivity index (χ4v) is 5.03. The molecule has 1 amide bonds. The third-order valence-electron chi connectivity index (χ3n) is 6.17. The van der Waals surface area contributed by atoms with Crippen molar-refractivity contribution in [1.29, 1.82) is 0 Å². The van der Waals surface area contributed by atoms with Gasteiger partial charge in [0.05, 0.1) is 24.4 Å². The maximum absolute atomic E-state index is 13.5. The van der Waals surface area contributed by atoms with Crippen LogP contribution in [0.25, 0.3) is 32.5 Å². The smallest absolute Gasteiger partial charge is 0.337 e. The fraction of sp³-hybridized carbons (Fsp3) is 0.103. The number of hydrogen-bond donors (Lipinski definition) is 1. The number of hydrogen-bond acceptors (Lipinski definition) is 6. The van der Waals surface area contributed by atoms with Gasteiger partial charge in [0.15, 0.2) is 0 Å². The number of aromatic nitrogens is 2. The van der Waals surface area contributed by atoms with E-state index in [1.165, 1.54) is 35.4 Å². The summed E-state index contributed by atoms with van der Waals surface area (Å²) < 4.78 is 6.06. The molecular weight excluding hydrogens is 486 g/mol. The van der Waals surface area contributed by atoms with Crippen molar-refractivity contribution in [2.45, 2.75) is 13.0 Å². The van der Waals surface area contributed by atoms with Gasteiger partial charge in [0, 0.05) is 16.6 Å². The molecule has 0 saturated carbocycles. The summed E-state index contributed by atoms with van der Waals surface area (Å²) in [5.74, 6) is -0.911. The van der Waals surface area contributed by atoms with Crippen LogP contribution >= 0.6 is 11.3 Å². The Morgan fingerprint density at radius 2 is 1.65 bits per heavy atom. The normalized spacial score (nSPS) is 11.7. The molecule has 0 fully saturated rings. The molecule has 0 radical (unpaired) electrons. The maximum atomic E-state index is 13.5. The lowest BCUT2D eigenvalue weighted by Gasteiger charge is -2.15. The zero-order valence-electron chi connectivity index (χ0n) is 20.2. The van der Waals surface area contributed by atoms with Crippen molar-refractivity contribution in [3.63, 3.8) is 0 Å². The van der Waals surface area contributed by atoms with Crippen molar-refractivity contribution in [2.24, 2.45) is 0 Å². The highest BCUT2D eigenvalue weighted by molar-refractivity contribution is 7.17. The highest BCUT2D eigenvalue weighted by atomic mass is 32.1. The third kappa shape index (κ3) is 4.79. The molecule has 0 aliphatic heterocycles. The molecular formula is C29H23N3O4S. The summed E-state index contributed by atoms with van der Waals surface area (Å²) in [4.78, 5) is 43.4. The molecule has 0 spiro atoms. The maximum Gasteiger partial charge on any atom is 0.337 e. The van der Waals surface area contributed by atoms with Crippen LogP contribution in [-0.4, -0.2) is 28.5 Å². The summed E-state index contributed by atoms with van der Waals surface area (Å²) in [5, 5.41) is 5.16. The van der Waals surface area contributed by atoms with Gasteiger partial charge in [-0.1, -0.05) is 60.7 Å². The average Bonchev–Trinajstić information content (AvgIpc) is 3.38. The van der Waals surface area contributed by atoms with Crippen molar-refractivity contribution >= 4 is 39.1 Å². The van der Waals surface area contributed by atoms with Crippen molar-refractivity contribution < 1.29 is 14.3 Å². The molecule has 1 unspecified atom stereocenters. The first kappa shape index (κ1) is 24.1. The Balaban J connectivity index is 1.44. The topological polar surface area (TPSA) is 90.3 Å². The van der Waals surface area contributed by atoms with Crippen LogP contribution in [0.5, 0.6) is 0 Å². The van der Waals surface area contributed by atoms with Crippen molar-refractivity contribution in [2.75, 3.05) is 12.4 Å². The van der Waals surface area contributed by atoms with E-state index < -0.39 is 17.9 Å². The average molecular weight is 510 g/mol. The molecule has 5 rings (SSSR count). The Kier molecular flexibility index (Phi) is 6.66. The highest BCUT2D eigenvalue weighted by Crippen LogP contribution is 2.32. The van der Waals surface area contributed by atoms with Crippen LogP contribution in [0.4, 0.5) is 5.69 Å². The molecule has 0 saturated heterocycles. The molecule has 3 aromatic carbocycles. The van der Waals surface area contributed by atoms with E-state index in [1.54, 1.807) is 25.1 Å². The summed E-state index contributed by atoms with van der Waals surface area (Å²) in [6.07, 6.45) is 1.40. The van der Waals surface area contributed by atoms with Crippen molar-refractivity contribution in [3.8, 4) is 22.3 Å². The van der Waals surface area contributed by atoms with E-state index >= 15 is 0 Å². The molecule has 1 N–H and O–H groups in total. The minimum absolute atomic E-state index is 0.292. The Hall–Kier alpha value is -4.56. The zero-order chi connectivity index (χ0) is 25.9. The minimum Gasteiger partial charge on any atom is -0.465 e. The number of nitrogens with one attached hydrogen (secondary N) is 1. The van der Waals surface area contributed by atoms with Crippen LogP contribution in [0.2, 0.25) is 0 Å². The Morgan fingerprint density at radius 3 is 2.38 bits per heavy atom. The highest BCUT2D eigenvalue weighted by Gasteiger charge is 2.21. The molecule has 7 nitrogen and oxygen atoms in total. The number of esters is 1. The van der Waals surface area contributed by atoms with Gasteiger partial charge >= 0.3 is 5.97 Å². The summed E-state index contributed by atoms with van der Waals surface area (Å²) >= 11 is 1.39. The van der Waals surface area contributed by atoms with Crippen molar-refractivity contribution in [3.05, 3.63) is 106 Å². The predicted octanol–water partition coefficient (Wildman–Crippen LogP) is 5.78. The first-order chi connectivity index (χ1) is 18.0.